The Morgan fingerprint density at radius 2 is 1.44 bits per heavy atom. The van der Waals surface area contributed by atoms with Gasteiger partial charge in [-0.3, -0.25) is 4.79 Å². The van der Waals surface area contributed by atoms with E-state index in [0.29, 0.717) is 0 Å². The maximum absolute atomic E-state index is 13.4. The van der Waals surface area contributed by atoms with E-state index in [1.807, 2.05) is 80.6 Å². The predicted molar refractivity (Wildman–Crippen MR) is 156 cm³/mol. The minimum absolute atomic E-state index is 0.0826. The Kier molecular flexibility index (Phi) is 10.1. The summed E-state index contributed by atoms with van der Waals surface area (Å²) >= 11 is 0. The number of nitrogens with one attached hydrogen (secondary N) is 2. The Morgan fingerprint density at radius 1 is 0.854 bits per heavy atom. The number of carbonyl (C=O) groups excluding carboxylic acids is 2. The van der Waals surface area contributed by atoms with Crippen molar-refractivity contribution < 1.29 is 29.0 Å². The molecule has 8 nitrogen and oxygen atoms in total. The molecule has 0 radical (unpaired) electrons. The highest BCUT2D eigenvalue weighted by atomic mass is 16.5. The van der Waals surface area contributed by atoms with E-state index in [2.05, 4.69) is 22.8 Å². The zero-order valence-electron chi connectivity index (χ0n) is 23.7. The van der Waals surface area contributed by atoms with Gasteiger partial charge in [-0.15, -0.1) is 0 Å². The number of carboxylic acid groups (broad SMARTS) is 1. The molecule has 0 spiro atoms. The Morgan fingerprint density at radius 3 is 2.02 bits per heavy atom. The van der Waals surface area contributed by atoms with Gasteiger partial charge in [-0.2, -0.15) is 0 Å². The molecule has 216 valence electrons. The molecule has 0 saturated heterocycles. The average Bonchev–Trinajstić information content (AvgIpc) is 3.31. The summed E-state index contributed by atoms with van der Waals surface area (Å²) in [7, 11) is 0. The van der Waals surface area contributed by atoms with Crippen molar-refractivity contribution in [3.63, 3.8) is 0 Å². The molecule has 0 bridgehead atoms. The maximum Gasteiger partial charge on any atom is 0.407 e. The largest absolute Gasteiger partial charge is 0.480 e. The summed E-state index contributed by atoms with van der Waals surface area (Å²) < 4.78 is 11.6. The molecular weight excluding hydrogens is 520 g/mol. The van der Waals surface area contributed by atoms with E-state index in [1.54, 1.807) is 6.92 Å². The second-order valence-electron chi connectivity index (χ2n) is 10.6. The number of rotatable bonds is 13. The van der Waals surface area contributed by atoms with Crippen molar-refractivity contribution in [1.29, 1.82) is 0 Å². The van der Waals surface area contributed by atoms with Gasteiger partial charge >= 0.3 is 12.1 Å². The molecular formula is C33H38N2O6. The summed E-state index contributed by atoms with van der Waals surface area (Å²) in [6, 6.07) is 23.2. The molecule has 2 unspecified atom stereocenters. The van der Waals surface area contributed by atoms with Crippen LogP contribution in [0.2, 0.25) is 0 Å². The monoisotopic (exact) mass is 558 g/mol. The molecule has 1 aliphatic rings. The van der Waals surface area contributed by atoms with Gasteiger partial charge in [0, 0.05) is 5.92 Å². The first kappa shape index (κ1) is 29.8. The Labute approximate surface area is 241 Å². The molecule has 0 saturated carbocycles. The maximum atomic E-state index is 13.4. The molecule has 3 N–H and O–H groups in total. The normalized spacial score (nSPS) is 15.1. The molecule has 3 aromatic rings. The highest BCUT2D eigenvalue weighted by Gasteiger charge is 2.33. The lowest BCUT2D eigenvalue weighted by molar-refractivity contribution is -0.143. The number of carboxylic acids is 1. The van der Waals surface area contributed by atoms with Crippen LogP contribution in [0.5, 0.6) is 0 Å². The van der Waals surface area contributed by atoms with Gasteiger partial charge in [0.25, 0.3) is 0 Å². The van der Waals surface area contributed by atoms with Crippen molar-refractivity contribution in [2.75, 3.05) is 6.61 Å². The number of benzene rings is 3. The molecule has 3 aromatic carbocycles. The van der Waals surface area contributed by atoms with Crippen molar-refractivity contribution in [2.45, 2.75) is 64.3 Å². The van der Waals surface area contributed by atoms with E-state index < -0.39 is 36.2 Å². The first-order valence-corrected chi connectivity index (χ1v) is 14.1. The van der Waals surface area contributed by atoms with Gasteiger partial charge in [0.05, 0.1) is 12.7 Å². The van der Waals surface area contributed by atoms with Crippen LogP contribution in [0.3, 0.4) is 0 Å². The second-order valence-corrected chi connectivity index (χ2v) is 10.6. The number of ether oxygens (including phenoxy) is 2. The Bertz CT molecular complexity index is 1300. The van der Waals surface area contributed by atoms with Gasteiger partial charge in [-0.05, 0) is 47.1 Å². The zero-order chi connectivity index (χ0) is 29.4. The fourth-order valence-electron chi connectivity index (χ4n) is 5.11. The highest BCUT2D eigenvalue weighted by Crippen LogP contribution is 2.44. The van der Waals surface area contributed by atoms with E-state index in [4.69, 9.17) is 9.47 Å². The summed E-state index contributed by atoms with van der Waals surface area (Å²) in [6.07, 6.45) is -0.503. The van der Waals surface area contributed by atoms with Gasteiger partial charge in [0.2, 0.25) is 5.91 Å². The first-order valence-electron chi connectivity index (χ1n) is 14.1. The summed E-state index contributed by atoms with van der Waals surface area (Å²) in [6.45, 7) is 5.86. The van der Waals surface area contributed by atoms with Gasteiger partial charge in [0.1, 0.15) is 18.7 Å². The molecule has 0 aromatic heterocycles. The average molecular weight is 559 g/mol. The van der Waals surface area contributed by atoms with Crippen molar-refractivity contribution in [1.82, 2.24) is 10.6 Å². The molecule has 0 fully saturated rings. The zero-order valence-corrected chi connectivity index (χ0v) is 23.7. The van der Waals surface area contributed by atoms with Crippen LogP contribution < -0.4 is 10.6 Å². The fraction of sp³-hybridized carbons (Fsp3) is 0.364. The SMILES string of the molecule is CCC(C)CC(NC(=O)[C@H](NC(=O)OCC1c2ccccc2-c2ccccc21)[C@H](C)OCc1ccccc1)C(=O)O. The number of amides is 2. The number of aliphatic carboxylic acids is 1. The molecule has 8 heteroatoms. The Balaban J connectivity index is 1.46. The minimum Gasteiger partial charge on any atom is -0.480 e. The van der Waals surface area contributed by atoms with E-state index in [1.165, 1.54) is 0 Å². The second kappa shape index (κ2) is 13.9. The first-order chi connectivity index (χ1) is 19.8. The lowest BCUT2D eigenvalue weighted by Gasteiger charge is -2.27. The van der Waals surface area contributed by atoms with Gasteiger partial charge in [-0.1, -0.05) is 99.1 Å². The molecule has 4 atom stereocenters. The molecule has 0 aliphatic heterocycles. The van der Waals surface area contributed by atoms with Crippen LogP contribution >= 0.6 is 0 Å². The number of hydrogen-bond acceptors (Lipinski definition) is 5. The van der Waals surface area contributed by atoms with E-state index >= 15 is 0 Å². The molecule has 0 heterocycles. The lowest BCUT2D eigenvalue weighted by atomic mass is 9.98. The van der Waals surface area contributed by atoms with Gasteiger partial charge in [0.15, 0.2) is 0 Å². The van der Waals surface area contributed by atoms with Crippen LogP contribution in [0.4, 0.5) is 4.79 Å². The van der Waals surface area contributed by atoms with Crippen LogP contribution in [0.1, 0.15) is 56.2 Å². The van der Waals surface area contributed by atoms with Gasteiger partial charge in [-0.25, -0.2) is 9.59 Å². The standard InChI is InChI=1S/C33H38N2O6/c1-4-21(2)18-29(32(37)38)34-31(36)30(22(3)40-19-23-12-6-5-7-13-23)35-33(39)41-20-28-26-16-10-8-14-24(26)25-15-9-11-17-27(25)28/h5-17,21-22,28-30H,4,18-20H2,1-3H3,(H,34,36)(H,35,39)(H,37,38)/t21?,22-,29?,30+/m0/s1. The summed E-state index contributed by atoms with van der Waals surface area (Å²) in [5.74, 6) is -1.82. The number of alkyl carbamates (subject to hydrolysis) is 1. The van der Waals surface area contributed by atoms with Crippen LogP contribution in [0.25, 0.3) is 11.1 Å². The third-order valence-corrected chi connectivity index (χ3v) is 7.67. The van der Waals surface area contributed by atoms with Crippen molar-refractivity contribution in [3.8, 4) is 11.1 Å². The van der Waals surface area contributed by atoms with Crippen LogP contribution in [0, 0.1) is 5.92 Å². The van der Waals surface area contributed by atoms with E-state index in [0.717, 1.165) is 34.2 Å². The molecule has 4 rings (SSSR count). The predicted octanol–water partition coefficient (Wildman–Crippen LogP) is 5.50. The molecule has 2 amide bonds. The lowest BCUT2D eigenvalue weighted by Crippen LogP contribution is -2.56. The number of fused-ring (bicyclic) bond motifs is 3. The topological polar surface area (TPSA) is 114 Å². The fourth-order valence-corrected chi connectivity index (χ4v) is 5.11. The van der Waals surface area contributed by atoms with Crippen LogP contribution in [0.15, 0.2) is 78.9 Å². The van der Waals surface area contributed by atoms with E-state index in [9.17, 15) is 19.5 Å². The molecule has 1 aliphatic carbocycles. The smallest absolute Gasteiger partial charge is 0.407 e. The van der Waals surface area contributed by atoms with Gasteiger partial charge < -0.3 is 25.2 Å². The minimum atomic E-state index is -1.17. The summed E-state index contributed by atoms with van der Waals surface area (Å²) in [5, 5.41) is 15.0. The Hall–Kier alpha value is -4.17. The number of hydrogen-bond donors (Lipinski definition) is 3. The number of carbonyl (C=O) groups is 3. The highest BCUT2D eigenvalue weighted by molar-refractivity contribution is 5.89. The van der Waals surface area contributed by atoms with E-state index in [-0.39, 0.29) is 31.5 Å². The summed E-state index contributed by atoms with van der Waals surface area (Å²) in [4.78, 5) is 38.4. The van der Waals surface area contributed by atoms with Crippen LogP contribution in [-0.2, 0) is 25.7 Å². The van der Waals surface area contributed by atoms with Crippen LogP contribution in [-0.4, -0.2) is 47.9 Å². The third kappa shape index (κ3) is 7.52. The van der Waals surface area contributed by atoms with Crippen molar-refractivity contribution in [3.05, 3.63) is 95.6 Å². The summed E-state index contributed by atoms with van der Waals surface area (Å²) in [5.41, 5.74) is 5.27. The van der Waals surface area contributed by atoms with Crippen molar-refractivity contribution >= 4 is 18.0 Å². The van der Waals surface area contributed by atoms with Crippen molar-refractivity contribution in [2.24, 2.45) is 5.92 Å². The molecule has 41 heavy (non-hydrogen) atoms. The quantitative estimate of drug-likeness (QED) is 0.255. The third-order valence-electron chi connectivity index (χ3n) is 7.67.